The summed E-state index contributed by atoms with van der Waals surface area (Å²) in [6.07, 6.45) is 0. The average Bonchev–Trinajstić information content (AvgIpc) is 2.52. The largest absolute Gasteiger partial charge is 0.345 e. The van der Waals surface area contributed by atoms with E-state index in [0.717, 1.165) is 0 Å². The Morgan fingerprint density at radius 3 is 2.14 bits per heavy atom. The first-order valence-electron chi connectivity index (χ1n) is 6.96. The number of nitrogens with zero attached hydrogens (tertiary/aromatic N) is 1. The highest BCUT2D eigenvalue weighted by molar-refractivity contribution is 5.96. The van der Waals surface area contributed by atoms with Gasteiger partial charge in [0.1, 0.15) is 0 Å². The highest BCUT2D eigenvalue weighted by atomic mass is 16.2. The molecule has 0 bridgehead atoms. The fourth-order valence-electron chi connectivity index (χ4n) is 1.78. The Morgan fingerprint density at radius 2 is 1.57 bits per heavy atom. The number of hydrogen-bond donors (Lipinski definition) is 2. The van der Waals surface area contributed by atoms with Crippen molar-refractivity contribution in [3.63, 3.8) is 0 Å². The van der Waals surface area contributed by atoms with Gasteiger partial charge in [-0.15, -0.1) is 0 Å². The number of amides is 3. The molecule has 6 nitrogen and oxygen atoms in total. The Balaban J connectivity index is 2.32. The van der Waals surface area contributed by atoms with Crippen molar-refractivity contribution in [3.05, 3.63) is 35.9 Å². The zero-order valence-electron chi connectivity index (χ0n) is 12.4. The topological polar surface area (TPSA) is 78.5 Å². The summed E-state index contributed by atoms with van der Waals surface area (Å²) in [5.74, 6) is -0.844. The molecule has 0 fully saturated rings. The van der Waals surface area contributed by atoms with Gasteiger partial charge in [0.2, 0.25) is 11.8 Å². The molecule has 0 aliphatic heterocycles. The Morgan fingerprint density at radius 1 is 0.952 bits per heavy atom. The van der Waals surface area contributed by atoms with Crippen LogP contribution in [-0.2, 0) is 9.59 Å². The third kappa shape index (κ3) is 5.64. The van der Waals surface area contributed by atoms with Crippen molar-refractivity contribution in [1.29, 1.82) is 0 Å². The predicted molar refractivity (Wildman–Crippen MR) is 79.7 cm³/mol. The standard InChI is InChI=1S/C15H21N3O3/c1-3-18(4-2)14(20)11-16-13(19)10-17-15(21)12-8-6-5-7-9-12/h5-9H,3-4,10-11H2,1-2H3,(H,16,19)(H,17,21). The highest BCUT2D eigenvalue weighted by Crippen LogP contribution is 1.97. The lowest BCUT2D eigenvalue weighted by Gasteiger charge is -2.18. The van der Waals surface area contributed by atoms with E-state index in [1.165, 1.54) is 0 Å². The van der Waals surface area contributed by atoms with E-state index in [1.54, 1.807) is 29.2 Å². The molecule has 0 spiro atoms. The minimum absolute atomic E-state index is 0.0538. The molecule has 0 atom stereocenters. The van der Waals surface area contributed by atoms with E-state index >= 15 is 0 Å². The van der Waals surface area contributed by atoms with E-state index in [1.807, 2.05) is 19.9 Å². The average molecular weight is 291 g/mol. The third-order valence-electron chi connectivity index (χ3n) is 3.00. The summed E-state index contributed by atoms with van der Waals surface area (Å²) in [4.78, 5) is 36.6. The third-order valence-corrected chi connectivity index (χ3v) is 3.00. The van der Waals surface area contributed by atoms with Gasteiger partial charge in [0, 0.05) is 18.7 Å². The Hall–Kier alpha value is -2.37. The van der Waals surface area contributed by atoms with Gasteiger partial charge in [-0.05, 0) is 26.0 Å². The Labute approximate surface area is 124 Å². The summed E-state index contributed by atoms with van der Waals surface area (Å²) in [6.45, 7) is 4.76. The SMILES string of the molecule is CCN(CC)C(=O)CNC(=O)CNC(=O)c1ccccc1. The molecule has 21 heavy (non-hydrogen) atoms. The maximum absolute atomic E-state index is 11.7. The molecule has 2 N–H and O–H groups in total. The van der Waals surface area contributed by atoms with E-state index in [4.69, 9.17) is 0 Å². The van der Waals surface area contributed by atoms with Crippen LogP contribution in [0.2, 0.25) is 0 Å². The highest BCUT2D eigenvalue weighted by Gasteiger charge is 2.12. The molecule has 0 unspecified atom stereocenters. The van der Waals surface area contributed by atoms with Crippen molar-refractivity contribution in [2.24, 2.45) is 0 Å². The molecule has 3 amide bonds. The summed E-state index contributed by atoms with van der Waals surface area (Å²) in [6, 6.07) is 8.63. The van der Waals surface area contributed by atoms with Crippen LogP contribution in [0, 0.1) is 0 Å². The van der Waals surface area contributed by atoms with E-state index in [0.29, 0.717) is 18.7 Å². The van der Waals surface area contributed by atoms with Gasteiger partial charge in [0.05, 0.1) is 13.1 Å². The second kappa shape index (κ2) is 8.73. The number of likely N-dealkylation sites (N-methyl/N-ethyl adjacent to an activating group) is 1. The molecule has 0 radical (unpaired) electrons. The first kappa shape index (κ1) is 16.7. The van der Waals surface area contributed by atoms with Crippen LogP contribution in [-0.4, -0.2) is 48.8 Å². The monoisotopic (exact) mass is 291 g/mol. The Kier molecular flexibility index (Phi) is 6.94. The van der Waals surface area contributed by atoms with Crippen LogP contribution in [0.15, 0.2) is 30.3 Å². The van der Waals surface area contributed by atoms with Crippen molar-refractivity contribution in [3.8, 4) is 0 Å². The minimum Gasteiger partial charge on any atom is -0.345 e. The molecular formula is C15H21N3O3. The molecule has 0 saturated heterocycles. The molecule has 1 aromatic rings. The fourth-order valence-corrected chi connectivity index (χ4v) is 1.78. The second-order valence-electron chi connectivity index (χ2n) is 4.39. The van der Waals surface area contributed by atoms with Gasteiger partial charge in [-0.2, -0.15) is 0 Å². The molecule has 0 heterocycles. The van der Waals surface area contributed by atoms with Crippen molar-refractivity contribution in [2.45, 2.75) is 13.8 Å². The lowest BCUT2D eigenvalue weighted by Crippen LogP contribution is -2.43. The fraction of sp³-hybridized carbons (Fsp3) is 0.400. The summed E-state index contributed by atoms with van der Waals surface area (Å²) in [7, 11) is 0. The lowest BCUT2D eigenvalue weighted by atomic mass is 10.2. The first-order valence-corrected chi connectivity index (χ1v) is 6.96. The van der Waals surface area contributed by atoms with E-state index < -0.39 is 0 Å². The van der Waals surface area contributed by atoms with Crippen LogP contribution in [0.3, 0.4) is 0 Å². The van der Waals surface area contributed by atoms with Crippen LogP contribution < -0.4 is 10.6 Å². The second-order valence-corrected chi connectivity index (χ2v) is 4.39. The van der Waals surface area contributed by atoms with Crippen LogP contribution in [0.5, 0.6) is 0 Å². The quantitative estimate of drug-likeness (QED) is 0.763. The van der Waals surface area contributed by atoms with E-state index in [-0.39, 0.29) is 30.8 Å². The van der Waals surface area contributed by atoms with Crippen molar-refractivity contribution >= 4 is 17.7 Å². The van der Waals surface area contributed by atoms with Crippen LogP contribution >= 0.6 is 0 Å². The normalized spacial score (nSPS) is 9.81. The van der Waals surface area contributed by atoms with Crippen molar-refractivity contribution in [2.75, 3.05) is 26.2 Å². The number of benzene rings is 1. The molecule has 1 rings (SSSR count). The number of hydrogen-bond acceptors (Lipinski definition) is 3. The van der Waals surface area contributed by atoms with Gasteiger partial charge < -0.3 is 15.5 Å². The summed E-state index contributed by atoms with van der Waals surface area (Å²) in [5, 5.41) is 5.00. The van der Waals surface area contributed by atoms with Gasteiger partial charge in [-0.1, -0.05) is 18.2 Å². The maximum atomic E-state index is 11.7. The van der Waals surface area contributed by atoms with Crippen molar-refractivity contribution in [1.82, 2.24) is 15.5 Å². The number of nitrogens with one attached hydrogen (secondary N) is 2. The minimum atomic E-state index is -0.389. The van der Waals surface area contributed by atoms with E-state index in [2.05, 4.69) is 10.6 Å². The summed E-state index contributed by atoms with van der Waals surface area (Å²) in [5.41, 5.74) is 0.490. The number of carbonyl (C=O) groups is 3. The van der Waals surface area contributed by atoms with Crippen LogP contribution in [0.1, 0.15) is 24.2 Å². The number of carbonyl (C=O) groups excluding carboxylic acids is 3. The molecule has 0 aliphatic rings. The smallest absolute Gasteiger partial charge is 0.251 e. The molecule has 6 heteroatoms. The van der Waals surface area contributed by atoms with Crippen LogP contribution in [0.4, 0.5) is 0 Å². The van der Waals surface area contributed by atoms with Gasteiger partial charge in [0.15, 0.2) is 0 Å². The molecule has 1 aromatic carbocycles. The van der Waals surface area contributed by atoms with Gasteiger partial charge in [-0.3, -0.25) is 14.4 Å². The summed E-state index contributed by atoms with van der Waals surface area (Å²) < 4.78 is 0. The molecule has 0 saturated carbocycles. The van der Waals surface area contributed by atoms with Crippen molar-refractivity contribution < 1.29 is 14.4 Å². The lowest BCUT2D eigenvalue weighted by molar-refractivity contribution is -0.132. The van der Waals surface area contributed by atoms with Gasteiger partial charge in [-0.25, -0.2) is 0 Å². The number of rotatable bonds is 7. The molecule has 0 aliphatic carbocycles. The summed E-state index contributed by atoms with van der Waals surface area (Å²) >= 11 is 0. The van der Waals surface area contributed by atoms with Gasteiger partial charge >= 0.3 is 0 Å². The zero-order chi connectivity index (χ0) is 15.7. The molecule has 0 aromatic heterocycles. The van der Waals surface area contributed by atoms with Gasteiger partial charge in [0.25, 0.3) is 5.91 Å². The predicted octanol–water partition coefficient (Wildman–Crippen LogP) is 0.401. The van der Waals surface area contributed by atoms with Crippen LogP contribution in [0.25, 0.3) is 0 Å². The zero-order valence-corrected chi connectivity index (χ0v) is 12.4. The van der Waals surface area contributed by atoms with E-state index in [9.17, 15) is 14.4 Å². The first-order chi connectivity index (χ1) is 10.1. The molecular weight excluding hydrogens is 270 g/mol. The maximum Gasteiger partial charge on any atom is 0.251 e. The molecule has 114 valence electrons. The Bertz CT molecular complexity index is 484.